The van der Waals surface area contributed by atoms with Crippen LogP contribution in [0.4, 0.5) is 0 Å². The van der Waals surface area contributed by atoms with Crippen molar-refractivity contribution in [1.29, 1.82) is 0 Å². The Labute approximate surface area is 213 Å². The molecule has 0 atom stereocenters. The van der Waals surface area contributed by atoms with E-state index in [1.165, 1.54) is 11.1 Å². The molecular formula is C32H32N2O2. The Balaban J connectivity index is 1.38. The van der Waals surface area contributed by atoms with Crippen LogP contribution in [0.2, 0.25) is 0 Å². The van der Waals surface area contributed by atoms with Crippen LogP contribution in [0.25, 0.3) is 45.6 Å². The highest BCUT2D eigenvalue weighted by molar-refractivity contribution is 5.69. The van der Waals surface area contributed by atoms with E-state index in [-0.39, 0.29) is 10.8 Å². The summed E-state index contributed by atoms with van der Waals surface area (Å²) in [5.74, 6) is 2.64. The van der Waals surface area contributed by atoms with Crippen molar-refractivity contribution in [2.24, 2.45) is 0 Å². The molecule has 0 amide bonds. The van der Waals surface area contributed by atoms with Gasteiger partial charge in [0, 0.05) is 22.3 Å². The van der Waals surface area contributed by atoms with Gasteiger partial charge in [0.1, 0.15) is 0 Å². The predicted molar refractivity (Wildman–Crippen MR) is 146 cm³/mol. The summed E-state index contributed by atoms with van der Waals surface area (Å²) < 4.78 is 12.3. The van der Waals surface area contributed by atoms with Crippen molar-refractivity contribution in [3.63, 3.8) is 0 Å². The van der Waals surface area contributed by atoms with E-state index in [0.717, 1.165) is 22.3 Å². The molecule has 4 nitrogen and oxygen atoms in total. The first-order chi connectivity index (χ1) is 17.1. The van der Waals surface area contributed by atoms with Crippen LogP contribution in [-0.2, 0) is 10.8 Å². The molecule has 0 fully saturated rings. The molecule has 0 radical (unpaired) electrons. The normalized spacial score (nSPS) is 12.2. The highest BCUT2D eigenvalue weighted by atomic mass is 16.4. The minimum atomic E-state index is 0.108. The lowest BCUT2D eigenvalue weighted by atomic mass is 9.87. The van der Waals surface area contributed by atoms with Crippen LogP contribution < -0.4 is 0 Å². The van der Waals surface area contributed by atoms with Gasteiger partial charge in [0.15, 0.2) is 11.5 Å². The van der Waals surface area contributed by atoms with Crippen LogP contribution in [0.3, 0.4) is 0 Å². The molecule has 5 rings (SSSR count). The van der Waals surface area contributed by atoms with Gasteiger partial charge in [-0.3, -0.25) is 0 Å². The van der Waals surface area contributed by atoms with Gasteiger partial charge in [-0.1, -0.05) is 84.0 Å². The summed E-state index contributed by atoms with van der Waals surface area (Å²) >= 11 is 0. The molecule has 0 unspecified atom stereocenters. The molecule has 3 aromatic carbocycles. The van der Waals surface area contributed by atoms with E-state index >= 15 is 0 Å². The topological polar surface area (TPSA) is 52.1 Å². The standard InChI is InChI=1S/C32H32N2O2/c1-31(2,3)25-14-10-21(11-15-25)29-33-19-27(35-29)23-8-7-9-24(18-23)28-20-34-30(36-28)22-12-16-26(17-13-22)32(4,5)6/h7-20H,1-6H3. The SMILES string of the molecule is CC(C)(C)c1ccc(-c2ncc(-c3cccc(-c4cnc(-c5ccc(C(C)(C)C)cc5)o4)c3)o2)cc1. The molecule has 2 heterocycles. The number of benzene rings is 3. The molecule has 0 aliphatic carbocycles. The Morgan fingerprint density at radius 3 is 1.25 bits per heavy atom. The second-order valence-electron chi connectivity index (χ2n) is 11.3. The number of hydrogen-bond acceptors (Lipinski definition) is 4. The van der Waals surface area contributed by atoms with Crippen molar-refractivity contribution in [2.75, 3.05) is 0 Å². The molecule has 0 N–H and O–H groups in total. The molecule has 36 heavy (non-hydrogen) atoms. The van der Waals surface area contributed by atoms with Gasteiger partial charge < -0.3 is 8.83 Å². The zero-order chi connectivity index (χ0) is 25.5. The quantitative estimate of drug-likeness (QED) is 0.260. The second-order valence-corrected chi connectivity index (χ2v) is 11.3. The molecular weight excluding hydrogens is 444 g/mol. The van der Waals surface area contributed by atoms with Gasteiger partial charge in [0.25, 0.3) is 0 Å². The van der Waals surface area contributed by atoms with Gasteiger partial charge in [0.2, 0.25) is 11.8 Å². The summed E-state index contributed by atoms with van der Waals surface area (Å²) in [7, 11) is 0. The number of aromatic nitrogens is 2. The zero-order valence-corrected chi connectivity index (χ0v) is 21.8. The van der Waals surface area contributed by atoms with E-state index in [9.17, 15) is 0 Å². The molecule has 182 valence electrons. The van der Waals surface area contributed by atoms with Crippen molar-refractivity contribution in [1.82, 2.24) is 9.97 Å². The maximum atomic E-state index is 6.13. The lowest BCUT2D eigenvalue weighted by Gasteiger charge is -2.18. The average Bonchev–Trinajstić information content (AvgIpc) is 3.54. The summed E-state index contributed by atoms with van der Waals surface area (Å²) in [6.07, 6.45) is 3.55. The van der Waals surface area contributed by atoms with E-state index in [1.807, 2.05) is 24.3 Å². The molecule has 5 aromatic rings. The fraction of sp³-hybridized carbons (Fsp3) is 0.250. The van der Waals surface area contributed by atoms with E-state index in [1.54, 1.807) is 12.4 Å². The maximum Gasteiger partial charge on any atom is 0.226 e. The molecule has 4 heteroatoms. The van der Waals surface area contributed by atoms with Crippen molar-refractivity contribution in [3.8, 4) is 45.6 Å². The summed E-state index contributed by atoms with van der Waals surface area (Å²) in [4.78, 5) is 9.05. The summed E-state index contributed by atoms with van der Waals surface area (Å²) in [6.45, 7) is 13.2. The summed E-state index contributed by atoms with van der Waals surface area (Å²) in [6, 6.07) is 24.9. The lowest BCUT2D eigenvalue weighted by molar-refractivity contribution is 0.583. The third-order valence-corrected chi connectivity index (χ3v) is 6.44. The highest BCUT2D eigenvalue weighted by Gasteiger charge is 2.17. The number of rotatable bonds is 4. The van der Waals surface area contributed by atoms with E-state index < -0.39 is 0 Å². The molecule has 0 aliphatic rings. The zero-order valence-electron chi connectivity index (χ0n) is 21.8. The van der Waals surface area contributed by atoms with Crippen LogP contribution in [-0.4, -0.2) is 9.97 Å². The van der Waals surface area contributed by atoms with Gasteiger partial charge in [-0.05, 0) is 52.3 Å². The van der Waals surface area contributed by atoms with E-state index in [0.29, 0.717) is 23.3 Å². The van der Waals surface area contributed by atoms with Gasteiger partial charge >= 0.3 is 0 Å². The van der Waals surface area contributed by atoms with Crippen molar-refractivity contribution >= 4 is 0 Å². The third kappa shape index (κ3) is 4.90. The first-order valence-electron chi connectivity index (χ1n) is 12.3. The Hall–Kier alpha value is -3.92. The van der Waals surface area contributed by atoms with Gasteiger partial charge in [-0.25, -0.2) is 9.97 Å². The second kappa shape index (κ2) is 8.94. The Morgan fingerprint density at radius 1 is 0.500 bits per heavy atom. The minimum absolute atomic E-state index is 0.108. The van der Waals surface area contributed by atoms with E-state index in [4.69, 9.17) is 8.83 Å². The molecule has 0 saturated heterocycles. The minimum Gasteiger partial charge on any atom is -0.436 e. The fourth-order valence-electron chi connectivity index (χ4n) is 4.13. The predicted octanol–water partition coefficient (Wildman–Crippen LogP) is 8.93. The van der Waals surface area contributed by atoms with Gasteiger partial charge in [0.05, 0.1) is 12.4 Å². The highest BCUT2D eigenvalue weighted by Crippen LogP contribution is 2.33. The lowest BCUT2D eigenvalue weighted by Crippen LogP contribution is -2.10. The summed E-state index contributed by atoms with van der Waals surface area (Å²) in [5.41, 5.74) is 6.57. The first kappa shape index (κ1) is 23.8. The molecule has 0 aliphatic heterocycles. The number of oxazole rings is 2. The van der Waals surface area contributed by atoms with Crippen molar-refractivity contribution < 1.29 is 8.83 Å². The van der Waals surface area contributed by atoms with Crippen LogP contribution in [0.1, 0.15) is 52.7 Å². The molecule has 0 saturated carbocycles. The average molecular weight is 477 g/mol. The smallest absolute Gasteiger partial charge is 0.226 e. The van der Waals surface area contributed by atoms with Crippen molar-refractivity contribution in [3.05, 3.63) is 96.3 Å². The largest absolute Gasteiger partial charge is 0.436 e. The van der Waals surface area contributed by atoms with Crippen LogP contribution in [0.15, 0.2) is 94.0 Å². The molecule has 0 spiro atoms. The van der Waals surface area contributed by atoms with Crippen LogP contribution in [0, 0.1) is 0 Å². The summed E-state index contributed by atoms with van der Waals surface area (Å²) in [5, 5.41) is 0. The Bertz CT molecular complexity index is 1360. The Kier molecular flexibility index (Phi) is 5.91. The fourth-order valence-corrected chi connectivity index (χ4v) is 4.13. The maximum absolute atomic E-state index is 6.13. The molecule has 2 aromatic heterocycles. The van der Waals surface area contributed by atoms with Crippen LogP contribution in [0.5, 0.6) is 0 Å². The van der Waals surface area contributed by atoms with Crippen molar-refractivity contribution in [2.45, 2.75) is 52.4 Å². The monoisotopic (exact) mass is 476 g/mol. The van der Waals surface area contributed by atoms with Crippen LogP contribution >= 0.6 is 0 Å². The number of nitrogens with zero attached hydrogens (tertiary/aromatic N) is 2. The van der Waals surface area contributed by atoms with Gasteiger partial charge in [-0.15, -0.1) is 0 Å². The van der Waals surface area contributed by atoms with Gasteiger partial charge in [-0.2, -0.15) is 0 Å². The number of hydrogen-bond donors (Lipinski definition) is 0. The van der Waals surface area contributed by atoms with E-state index in [2.05, 4.69) is 100 Å². The third-order valence-electron chi connectivity index (χ3n) is 6.44. The first-order valence-corrected chi connectivity index (χ1v) is 12.3. The molecule has 0 bridgehead atoms. The Morgan fingerprint density at radius 2 is 0.889 bits per heavy atom.